The van der Waals surface area contributed by atoms with Crippen LogP contribution >= 0.6 is 0 Å². The fraction of sp³-hybridized carbons (Fsp3) is 0.611. The summed E-state index contributed by atoms with van der Waals surface area (Å²) in [4.78, 5) is 14.2. The van der Waals surface area contributed by atoms with Gasteiger partial charge in [-0.25, -0.2) is 0 Å². The second-order valence-electron chi connectivity index (χ2n) is 7.93. The van der Waals surface area contributed by atoms with Crippen LogP contribution in [-0.2, 0) is 14.9 Å². The first-order valence-electron chi connectivity index (χ1n) is 8.46. The average Bonchev–Trinajstić information content (AvgIpc) is 2.78. The van der Waals surface area contributed by atoms with Gasteiger partial charge in [-0.05, 0) is 52.8 Å². The molecule has 0 saturated carbocycles. The van der Waals surface area contributed by atoms with Crippen LogP contribution in [0.15, 0.2) is 18.2 Å². The average molecular weight is 315 g/mol. The van der Waals surface area contributed by atoms with Gasteiger partial charge >= 0.3 is 5.97 Å². The summed E-state index contributed by atoms with van der Waals surface area (Å²) in [6.07, 6.45) is 2.07. The number of nitrogens with zero attached hydrogens (tertiary/aromatic N) is 1. The first-order chi connectivity index (χ1) is 10.8. The summed E-state index contributed by atoms with van der Waals surface area (Å²) in [7, 11) is 2.10. The summed E-state index contributed by atoms with van der Waals surface area (Å²) in [5.74, 6) is 0.915. The van der Waals surface area contributed by atoms with E-state index in [1.807, 2.05) is 20.8 Å². The zero-order chi connectivity index (χ0) is 16.7. The molecule has 0 unspecified atom stereocenters. The van der Waals surface area contributed by atoms with Crippen LogP contribution in [0.25, 0.3) is 0 Å². The Labute approximate surface area is 139 Å². The van der Waals surface area contributed by atoms with Crippen molar-refractivity contribution in [3.63, 3.8) is 0 Å². The standard InChI is InChI=1S/C18H26BNO3/c1-17(2,3)23-16(21)11-20-8-6-18(7-9-20)12-22-15-10-13(19)4-5-14(15)18/h4-5,10H,6-9,11-12,19H2,1-3H3. The van der Waals surface area contributed by atoms with E-state index in [-0.39, 0.29) is 11.4 Å². The van der Waals surface area contributed by atoms with E-state index in [2.05, 4.69) is 30.9 Å². The second kappa shape index (κ2) is 5.86. The van der Waals surface area contributed by atoms with E-state index in [0.29, 0.717) is 6.54 Å². The number of rotatable bonds is 2. The fourth-order valence-electron chi connectivity index (χ4n) is 3.59. The molecule has 0 amide bonds. The maximum Gasteiger partial charge on any atom is 0.320 e. The molecule has 2 aliphatic rings. The molecular weight excluding hydrogens is 289 g/mol. The zero-order valence-corrected chi connectivity index (χ0v) is 14.6. The van der Waals surface area contributed by atoms with Crippen molar-refractivity contribution >= 4 is 19.3 Å². The van der Waals surface area contributed by atoms with E-state index < -0.39 is 5.60 Å². The van der Waals surface area contributed by atoms with Crippen molar-refractivity contribution in [3.05, 3.63) is 23.8 Å². The van der Waals surface area contributed by atoms with Crippen LogP contribution in [0.5, 0.6) is 5.75 Å². The third-order valence-electron chi connectivity index (χ3n) is 4.80. The number of piperidine rings is 1. The van der Waals surface area contributed by atoms with E-state index in [1.165, 1.54) is 11.0 Å². The number of benzene rings is 1. The molecule has 4 nitrogen and oxygen atoms in total. The minimum absolute atomic E-state index is 0.132. The Morgan fingerprint density at radius 3 is 2.70 bits per heavy atom. The van der Waals surface area contributed by atoms with E-state index >= 15 is 0 Å². The van der Waals surface area contributed by atoms with E-state index in [0.717, 1.165) is 38.3 Å². The number of esters is 1. The van der Waals surface area contributed by atoms with Crippen molar-refractivity contribution in [2.75, 3.05) is 26.2 Å². The second-order valence-corrected chi connectivity index (χ2v) is 7.93. The van der Waals surface area contributed by atoms with Crippen LogP contribution in [0.2, 0.25) is 0 Å². The highest BCUT2D eigenvalue weighted by atomic mass is 16.6. The topological polar surface area (TPSA) is 38.8 Å². The molecule has 0 atom stereocenters. The lowest BCUT2D eigenvalue weighted by molar-refractivity contribution is -0.156. The normalized spacial score (nSPS) is 20.1. The van der Waals surface area contributed by atoms with Crippen molar-refractivity contribution in [1.29, 1.82) is 0 Å². The van der Waals surface area contributed by atoms with Gasteiger partial charge in [0.2, 0.25) is 0 Å². The number of likely N-dealkylation sites (tertiary alicyclic amines) is 1. The van der Waals surface area contributed by atoms with Gasteiger partial charge in [-0.15, -0.1) is 0 Å². The summed E-state index contributed by atoms with van der Waals surface area (Å²) < 4.78 is 11.4. The minimum Gasteiger partial charge on any atom is -0.492 e. The zero-order valence-electron chi connectivity index (χ0n) is 14.6. The summed E-state index contributed by atoms with van der Waals surface area (Å²) in [5.41, 5.74) is 2.31. The Bertz CT molecular complexity index is 601. The predicted octanol–water partition coefficient (Wildman–Crippen LogP) is 1.01. The molecule has 1 aromatic rings. The van der Waals surface area contributed by atoms with E-state index in [9.17, 15) is 4.79 Å². The van der Waals surface area contributed by atoms with Gasteiger partial charge in [-0.3, -0.25) is 9.69 Å². The molecule has 0 aromatic heterocycles. The Morgan fingerprint density at radius 2 is 2.04 bits per heavy atom. The Balaban J connectivity index is 1.61. The fourth-order valence-corrected chi connectivity index (χ4v) is 3.59. The van der Waals surface area contributed by atoms with Crippen LogP contribution in [0.3, 0.4) is 0 Å². The van der Waals surface area contributed by atoms with Gasteiger partial charge < -0.3 is 9.47 Å². The Morgan fingerprint density at radius 1 is 1.35 bits per heavy atom. The number of hydrogen-bond acceptors (Lipinski definition) is 4. The number of carbonyl (C=O) groups is 1. The Hall–Kier alpha value is -1.49. The van der Waals surface area contributed by atoms with Crippen LogP contribution in [0, 0.1) is 0 Å². The van der Waals surface area contributed by atoms with Gasteiger partial charge in [0.25, 0.3) is 0 Å². The third-order valence-corrected chi connectivity index (χ3v) is 4.80. The predicted molar refractivity (Wildman–Crippen MR) is 93.3 cm³/mol. The van der Waals surface area contributed by atoms with Crippen LogP contribution in [-0.4, -0.2) is 50.6 Å². The Kier molecular flexibility index (Phi) is 4.17. The largest absolute Gasteiger partial charge is 0.492 e. The first kappa shape index (κ1) is 16.4. The number of carbonyl (C=O) groups excluding carboxylic acids is 1. The summed E-state index contributed by atoms with van der Waals surface area (Å²) >= 11 is 0. The molecule has 5 heteroatoms. The van der Waals surface area contributed by atoms with Crippen molar-refractivity contribution in [3.8, 4) is 5.75 Å². The molecule has 1 saturated heterocycles. The molecule has 0 aliphatic carbocycles. The van der Waals surface area contributed by atoms with Crippen molar-refractivity contribution in [1.82, 2.24) is 4.90 Å². The van der Waals surface area contributed by atoms with Crippen LogP contribution in [0.1, 0.15) is 39.2 Å². The van der Waals surface area contributed by atoms with Crippen molar-refractivity contribution in [2.45, 2.75) is 44.6 Å². The number of hydrogen-bond donors (Lipinski definition) is 0. The third kappa shape index (κ3) is 3.55. The molecule has 2 aliphatic heterocycles. The molecule has 3 rings (SSSR count). The van der Waals surface area contributed by atoms with Gasteiger partial charge in [-0.2, -0.15) is 0 Å². The molecular formula is C18H26BNO3. The van der Waals surface area contributed by atoms with E-state index in [1.54, 1.807) is 0 Å². The molecule has 0 bridgehead atoms. The van der Waals surface area contributed by atoms with Crippen LogP contribution in [0.4, 0.5) is 0 Å². The molecule has 124 valence electrons. The highest BCUT2D eigenvalue weighted by molar-refractivity contribution is 6.32. The lowest BCUT2D eigenvalue weighted by Gasteiger charge is -2.38. The molecule has 0 radical (unpaired) electrons. The first-order valence-corrected chi connectivity index (χ1v) is 8.46. The van der Waals surface area contributed by atoms with Gasteiger partial charge in [-0.1, -0.05) is 17.6 Å². The summed E-state index contributed by atoms with van der Waals surface area (Å²) in [6, 6.07) is 6.53. The van der Waals surface area contributed by atoms with Crippen LogP contribution < -0.4 is 10.2 Å². The SMILES string of the molecule is Bc1ccc2c(c1)OCC21CCN(CC(=O)OC(C)(C)C)CC1. The molecule has 2 heterocycles. The van der Waals surface area contributed by atoms with Gasteiger partial charge in [0.05, 0.1) is 13.2 Å². The van der Waals surface area contributed by atoms with Crippen molar-refractivity contribution < 1.29 is 14.3 Å². The molecule has 23 heavy (non-hydrogen) atoms. The molecule has 1 spiro atoms. The summed E-state index contributed by atoms with van der Waals surface area (Å²) in [5, 5.41) is 0. The molecule has 1 aromatic carbocycles. The van der Waals surface area contributed by atoms with Gasteiger partial charge in [0.1, 0.15) is 19.2 Å². The molecule has 1 fully saturated rings. The highest BCUT2D eigenvalue weighted by Gasteiger charge is 2.43. The maximum atomic E-state index is 12.0. The number of ether oxygens (including phenoxy) is 2. The lowest BCUT2D eigenvalue weighted by Crippen LogP contribution is -2.46. The number of fused-ring (bicyclic) bond motifs is 2. The highest BCUT2D eigenvalue weighted by Crippen LogP contribution is 2.44. The molecule has 0 N–H and O–H groups in total. The minimum atomic E-state index is -0.413. The lowest BCUT2D eigenvalue weighted by atomic mass is 9.74. The maximum absolute atomic E-state index is 12.0. The quantitative estimate of drug-likeness (QED) is 0.603. The smallest absolute Gasteiger partial charge is 0.320 e. The van der Waals surface area contributed by atoms with Gasteiger partial charge in [0.15, 0.2) is 0 Å². The monoisotopic (exact) mass is 315 g/mol. The van der Waals surface area contributed by atoms with Gasteiger partial charge in [0, 0.05) is 11.0 Å². The summed E-state index contributed by atoms with van der Waals surface area (Å²) in [6.45, 7) is 8.70. The van der Waals surface area contributed by atoms with Crippen molar-refractivity contribution in [2.24, 2.45) is 0 Å². The van der Waals surface area contributed by atoms with E-state index in [4.69, 9.17) is 9.47 Å².